The van der Waals surface area contributed by atoms with Crippen LogP contribution in [0.2, 0.25) is 0 Å². The van der Waals surface area contributed by atoms with Crippen molar-refractivity contribution in [2.24, 2.45) is 11.8 Å². The van der Waals surface area contributed by atoms with Crippen LogP contribution in [0.1, 0.15) is 67.1 Å². The number of rotatable bonds is 18. The Hall–Kier alpha value is -5.28. The fourth-order valence-electron chi connectivity index (χ4n) is 9.24. The molecular weight excluding hydrogens is 761 g/mol. The Morgan fingerprint density at radius 3 is 1.02 bits per heavy atom. The van der Waals surface area contributed by atoms with Crippen molar-refractivity contribution < 1.29 is 28.8 Å². The lowest BCUT2D eigenvalue weighted by molar-refractivity contribution is -0.123. The Balaban J connectivity index is 0.770. The summed E-state index contributed by atoms with van der Waals surface area (Å²) in [4.78, 5) is 91.9. The van der Waals surface area contributed by atoms with Gasteiger partial charge in [-0.1, -0.05) is 48.6 Å². The minimum absolute atomic E-state index is 0.0443. The second-order valence-corrected chi connectivity index (χ2v) is 16.5. The largest absolute Gasteiger partial charge is 0.355 e. The van der Waals surface area contributed by atoms with Crippen LogP contribution in [-0.4, -0.2) is 170 Å². The minimum Gasteiger partial charge on any atom is -0.355 e. The molecule has 0 unspecified atom stereocenters. The molecule has 60 heavy (non-hydrogen) atoms. The van der Waals surface area contributed by atoms with Gasteiger partial charge in [-0.05, 0) is 76.1 Å². The summed E-state index contributed by atoms with van der Waals surface area (Å²) in [5.41, 5.74) is 1.40. The van der Waals surface area contributed by atoms with Gasteiger partial charge in [-0.2, -0.15) is 0 Å². The molecule has 8 rings (SSSR count). The molecule has 6 amide bonds. The van der Waals surface area contributed by atoms with Gasteiger partial charge in [0.15, 0.2) is 0 Å². The zero-order valence-corrected chi connectivity index (χ0v) is 34.4. The van der Waals surface area contributed by atoms with Crippen LogP contribution in [-0.2, 0) is 9.59 Å². The number of benzene rings is 2. The first kappa shape index (κ1) is 41.5. The standard InChI is InChI=1S/C46H56N8O6/c55-41(33-9-1-2-10-33)47-17-5-19-49-25-29-51(30-26-49)21-7-23-53-43(57)35-13-15-37-40-38(16-14-36(39(35)40)44(53)58)46(60)54(45(37)59)24-8-22-52-31-27-50(28-32-52)20-6-18-48-42(56)34-11-3-4-12-34/h1-4,9-16,33-34H,5-8,17-32H2,(H,47,55)(H,48,56). The third kappa shape index (κ3) is 9.07. The number of carbonyl (C=O) groups is 6. The summed E-state index contributed by atoms with van der Waals surface area (Å²) in [5.74, 6) is -1.78. The van der Waals surface area contributed by atoms with Crippen molar-refractivity contribution in [1.82, 2.24) is 40.0 Å². The zero-order chi connectivity index (χ0) is 41.6. The molecule has 2 aromatic rings. The lowest BCUT2D eigenvalue weighted by Crippen LogP contribution is -2.48. The van der Waals surface area contributed by atoms with Crippen molar-refractivity contribution in [2.75, 3.05) is 105 Å². The Kier molecular flexibility index (Phi) is 13.1. The predicted octanol–water partition coefficient (Wildman–Crippen LogP) is 2.54. The zero-order valence-electron chi connectivity index (χ0n) is 34.4. The van der Waals surface area contributed by atoms with Crippen LogP contribution in [0.25, 0.3) is 10.8 Å². The van der Waals surface area contributed by atoms with Gasteiger partial charge < -0.3 is 30.2 Å². The molecule has 2 saturated heterocycles. The Morgan fingerprint density at radius 1 is 0.433 bits per heavy atom. The van der Waals surface area contributed by atoms with E-state index in [4.69, 9.17) is 0 Å². The summed E-state index contributed by atoms with van der Waals surface area (Å²) < 4.78 is 0. The topological polar surface area (TPSA) is 146 Å². The normalized spacial score (nSPS) is 20.1. The van der Waals surface area contributed by atoms with Crippen molar-refractivity contribution >= 4 is 46.2 Å². The Labute approximate surface area is 351 Å². The van der Waals surface area contributed by atoms with E-state index in [2.05, 4.69) is 30.2 Å². The number of hydrogen-bond acceptors (Lipinski definition) is 10. The highest BCUT2D eigenvalue weighted by molar-refractivity contribution is 6.33. The average Bonchev–Trinajstić information content (AvgIpc) is 4.02. The van der Waals surface area contributed by atoms with E-state index in [1.165, 1.54) is 9.80 Å². The molecule has 4 aliphatic heterocycles. The first-order valence-corrected chi connectivity index (χ1v) is 21.7. The molecular formula is C46H56N8O6. The van der Waals surface area contributed by atoms with Crippen molar-refractivity contribution in [2.45, 2.75) is 25.7 Å². The van der Waals surface area contributed by atoms with Crippen LogP contribution in [0, 0.1) is 11.8 Å². The van der Waals surface area contributed by atoms with Crippen LogP contribution in [0.5, 0.6) is 0 Å². The fraction of sp³-hybridized carbons (Fsp3) is 0.478. The molecule has 0 aromatic heterocycles. The second-order valence-electron chi connectivity index (χ2n) is 16.5. The maximum Gasteiger partial charge on any atom is 0.261 e. The molecule has 0 bridgehead atoms. The molecule has 0 radical (unpaired) electrons. The summed E-state index contributed by atoms with van der Waals surface area (Å²) in [6, 6.07) is 6.57. The summed E-state index contributed by atoms with van der Waals surface area (Å²) in [6.07, 6.45) is 18.2. The van der Waals surface area contributed by atoms with Gasteiger partial charge in [0, 0.05) is 112 Å². The van der Waals surface area contributed by atoms with Crippen LogP contribution in [0.15, 0.2) is 72.9 Å². The fourth-order valence-corrected chi connectivity index (χ4v) is 9.24. The van der Waals surface area contributed by atoms with Crippen LogP contribution in [0.4, 0.5) is 0 Å². The third-order valence-electron chi connectivity index (χ3n) is 12.7. The van der Waals surface area contributed by atoms with Gasteiger partial charge in [0.1, 0.15) is 0 Å². The number of hydrogen-bond donors (Lipinski definition) is 2. The highest BCUT2D eigenvalue weighted by atomic mass is 16.2. The van der Waals surface area contributed by atoms with Gasteiger partial charge >= 0.3 is 0 Å². The van der Waals surface area contributed by atoms with Crippen molar-refractivity contribution in [3.05, 3.63) is 95.1 Å². The molecule has 2 aromatic carbocycles. The van der Waals surface area contributed by atoms with Gasteiger partial charge in [-0.25, -0.2) is 0 Å². The maximum absolute atomic E-state index is 13.8. The summed E-state index contributed by atoms with van der Waals surface area (Å²) in [7, 11) is 0. The van der Waals surface area contributed by atoms with E-state index in [0.29, 0.717) is 59.0 Å². The first-order chi connectivity index (χ1) is 29.3. The van der Waals surface area contributed by atoms with E-state index in [9.17, 15) is 28.8 Å². The Bertz CT molecular complexity index is 1890. The number of carbonyl (C=O) groups excluding carboxylic acids is 6. The van der Waals surface area contributed by atoms with Crippen molar-refractivity contribution in [3.8, 4) is 0 Å². The summed E-state index contributed by atoms with van der Waals surface area (Å²) >= 11 is 0. The Morgan fingerprint density at radius 2 is 0.717 bits per heavy atom. The van der Waals surface area contributed by atoms with Crippen molar-refractivity contribution in [3.63, 3.8) is 0 Å². The lowest BCUT2D eigenvalue weighted by Gasteiger charge is -2.36. The number of piperazine rings is 2. The molecule has 2 N–H and O–H groups in total. The molecule has 0 spiro atoms. The van der Waals surface area contributed by atoms with Gasteiger partial charge in [-0.15, -0.1) is 0 Å². The molecule has 2 aliphatic carbocycles. The van der Waals surface area contributed by atoms with Crippen molar-refractivity contribution in [1.29, 1.82) is 0 Å². The van der Waals surface area contributed by atoms with E-state index in [0.717, 1.165) is 91.4 Å². The number of amides is 6. The van der Waals surface area contributed by atoms with Gasteiger partial charge in [0.25, 0.3) is 23.6 Å². The van der Waals surface area contributed by atoms with Gasteiger partial charge in [-0.3, -0.25) is 38.6 Å². The monoisotopic (exact) mass is 816 g/mol. The van der Waals surface area contributed by atoms with Gasteiger partial charge in [0.05, 0.1) is 11.8 Å². The number of nitrogens with zero attached hydrogens (tertiary/aromatic N) is 6. The third-order valence-corrected chi connectivity index (χ3v) is 12.7. The SMILES string of the molecule is O=C(NCCCN1CCN(CCCN2C(=O)c3ccc4c5c(ccc(c35)C2=O)C(=O)N(CCCN2CCN(CCCNC(=O)C3C=CC=C3)CC2)C4=O)CC1)C1C=CC=C1. The molecule has 14 nitrogen and oxygen atoms in total. The molecule has 6 aliphatic rings. The highest BCUT2D eigenvalue weighted by Gasteiger charge is 2.39. The van der Waals surface area contributed by atoms with E-state index in [1.54, 1.807) is 24.3 Å². The predicted molar refractivity (Wildman–Crippen MR) is 228 cm³/mol. The molecule has 316 valence electrons. The smallest absolute Gasteiger partial charge is 0.261 e. The van der Waals surface area contributed by atoms with Crippen LogP contribution in [0.3, 0.4) is 0 Å². The molecule has 2 fully saturated rings. The summed E-state index contributed by atoms with van der Waals surface area (Å²) in [5, 5.41) is 6.84. The van der Waals surface area contributed by atoms with Crippen LogP contribution < -0.4 is 10.6 Å². The quantitative estimate of drug-likeness (QED) is 0.170. The first-order valence-electron chi connectivity index (χ1n) is 21.7. The molecule has 14 heteroatoms. The minimum atomic E-state index is -0.392. The maximum atomic E-state index is 13.8. The highest BCUT2D eigenvalue weighted by Crippen LogP contribution is 2.38. The van der Waals surface area contributed by atoms with E-state index >= 15 is 0 Å². The lowest BCUT2D eigenvalue weighted by atomic mass is 9.86. The number of imide groups is 2. The molecule has 4 heterocycles. The number of nitrogens with one attached hydrogen (secondary N) is 2. The molecule has 0 saturated carbocycles. The van der Waals surface area contributed by atoms with E-state index in [1.807, 2.05) is 48.6 Å². The van der Waals surface area contributed by atoms with E-state index in [-0.39, 0.29) is 36.7 Å². The average molecular weight is 817 g/mol. The van der Waals surface area contributed by atoms with Gasteiger partial charge in [0.2, 0.25) is 11.8 Å². The number of allylic oxidation sites excluding steroid dienone is 4. The molecule has 0 atom stereocenters. The van der Waals surface area contributed by atoms with E-state index < -0.39 is 23.6 Å². The van der Waals surface area contributed by atoms with Crippen LogP contribution >= 0.6 is 0 Å². The summed E-state index contributed by atoms with van der Waals surface area (Å²) in [6.45, 7) is 12.6. The second kappa shape index (κ2) is 19.0.